The molecule has 2 fully saturated rings. The molecule has 1 aromatic carbocycles. The van der Waals surface area contributed by atoms with Crippen LogP contribution in [-0.2, 0) is 11.8 Å². The number of imidazole rings is 1. The summed E-state index contributed by atoms with van der Waals surface area (Å²) in [5, 5.41) is 11.9. The lowest BCUT2D eigenvalue weighted by molar-refractivity contribution is 0.0498. The number of aromatic amines is 1. The van der Waals surface area contributed by atoms with Crippen LogP contribution >= 0.6 is 0 Å². The molecule has 6 rings (SSSR count). The van der Waals surface area contributed by atoms with Crippen molar-refractivity contribution in [1.82, 2.24) is 29.4 Å². The summed E-state index contributed by atoms with van der Waals surface area (Å²) in [7, 11) is 0. The van der Waals surface area contributed by atoms with Crippen LogP contribution in [0, 0.1) is 17.8 Å². The molecular formula is C33H47N7O. The zero-order valence-corrected chi connectivity index (χ0v) is 25.3. The number of hydrogen-bond acceptors (Lipinski definition) is 6. The first-order valence-corrected chi connectivity index (χ1v) is 15.5. The number of benzene rings is 1. The van der Waals surface area contributed by atoms with Gasteiger partial charge in [0, 0.05) is 31.7 Å². The van der Waals surface area contributed by atoms with Gasteiger partial charge in [-0.3, -0.25) is 4.90 Å². The average Bonchev–Trinajstić information content (AvgIpc) is 3.58. The number of hydrogen-bond donors (Lipinski definition) is 3. The van der Waals surface area contributed by atoms with Gasteiger partial charge in [-0.15, -0.1) is 0 Å². The molecule has 0 saturated heterocycles. The van der Waals surface area contributed by atoms with Crippen LogP contribution in [0.1, 0.15) is 84.2 Å². The molecule has 0 bridgehead atoms. The summed E-state index contributed by atoms with van der Waals surface area (Å²) in [5.74, 6) is 3.46. The van der Waals surface area contributed by atoms with Crippen molar-refractivity contribution >= 4 is 27.9 Å². The van der Waals surface area contributed by atoms with E-state index in [4.69, 9.17) is 10.7 Å². The van der Waals surface area contributed by atoms with E-state index >= 15 is 0 Å². The third-order valence-corrected chi connectivity index (χ3v) is 9.50. The molecule has 220 valence electrons. The maximum absolute atomic E-state index is 11.1. The second kappa shape index (κ2) is 11.0. The minimum Gasteiger partial charge on any atom is -0.391 e. The zero-order valence-electron chi connectivity index (χ0n) is 25.3. The van der Waals surface area contributed by atoms with Gasteiger partial charge < -0.3 is 20.4 Å². The number of aromatic nitrogens is 5. The average molecular weight is 558 g/mol. The Balaban J connectivity index is 1.04. The second-order valence-corrected chi connectivity index (χ2v) is 14.2. The number of H-pyrrole nitrogens is 1. The molecule has 41 heavy (non-hydrogen) atoms. The molecule has 3 heterocycles. The van der Waals surface area contributed by atoms with E-state index in [-0.39, 0.29) is 17.6 Å². The van der Waals surface area contributed by atoms with Crippen molar-refractivity contribution in [3.8, 4) is 0 Å². The standard InChI is InChI=1S/C33H47N7O/c1-20(2)17-39(18-22-14-28(29(41)15-22)40-11-10-25-31(34)35-19-36-32(25)40)24-12-21(13-24)6-9-30-37-26-8-7-23(33(3,4)5)16-27(26)38-30/h7-8,10-11,16,19-22,24,28-29,41H,6,9,12-15,17-18H2,1-5H3,(H,37,38)(H2,34,35,36)/t21?,22-,24?,28+,29+/m0/s1. The molecule has 8 nitrogen and oxygen atoms in total. The van der Waals surface area contributed by atoms with E-state index in [9.17, 15) is 5.11 Å². The van der Waals surface area contributed by atoms with Crippen molar-refractivity contribution in [2.75, 3.05) is 18.8 Å². The number of nitrogen functional groups attached to an aromatic ring is 1. The van der Waals surface area contributed by atoms with E-state index in [2.05, 4.69) is 77.2 Å². The second-order valence-electron chi connectivity index (χ2n) is 14.2. The van der Waals surface area contributed by atoms with Gasteiger partial charge in [0.05, 0.1) is 28.6 Å². The summed E-state index contributed by atoms with van der Waals surface area (Å²) in [4.78, 5) is 19.8. The molecule has 2 aliphatic carbocycles. The maximum atomic E-state index is 11.1. The van der Waals surface area contributed by atoms with Gasteiger partial charge in [-0.25, -0.2) is 15.0 Å². The van der Waals surface area contributed by atoms with Crippen LogP contribution in [0.25, 0.3) is 22.1 Å². The first kappa shape index (κ1) is 28.2. The highest BCUT2D eigenvalue weighted by atomic mass is 16.3. The predicted octanol–water partition coefficient (Wildman–Crippen LogP) is 5.87. The molecule has 2 aliphatic rings. The molecule has 8 heteroatoms. The molecule has 0 spiro atoms. The van der Waals surface area contributed by atoms with Crippen LogP contribution in [-0.4, -0.2) is 59.7 Å². The number of nitrogens with one attached hydrogen (secondary N) is 1. The van der Waals surface area contributed by atoms with Gasteiger partial charge in [0.2, 0.25) is 0 Å². The highest BCUT2D eigenvalue weighted by Gasteiger charge is 2.39. The Morgan fingerprint density at radius 3 is 2.66 bits per heavy atom. The Morgan fingerprint density at radius 1 is 1.10 bits per heavy atom. The molecular weight excluding hydrogens is 510 g/mol. The molecule has 0 aliphatic heterocycles. The van der Waals surface area contributed by atoms with Crippen molar-refractivity contribution in [1.29, 1.82) is 0 Å². The summed E-state index contributed by atoms with van der Waals surface area (Å²) >= 11 is 0. The lowest BCUT2D eigenvalue weighted by Gasteiger charge is -2.45. The van der Waals surface area contributed by atoms with Crippen LogP contribution in [0.15, 0.2) is 36.8 Å². The van der Waals surface area contributed by atoms with Crippen molar-refractivity contribution in [2.45, 2.75) is 96.7 Å². The van der Waals surface area contributed by atoms with Gasteiger partial charge in [-0.05, 0) is 79.0 Å². The summed E-state index contributed by atoms with van der Waals surface area (Å²) in [6, 6.07) is 9.29. The molecule has 3 aromatic heterocycles. The van der Waals surface area contributed by atoms with Gasteiger partial charge in [-0.2, -0.15) is 0 Å². The lowest BCUT2D eigenvalue weighted by Crippen LogP contribution is -2.48. The third kappa shape index (κ3) is 5.86. The molecule has 4 N–H and O–H groups in total. The Kier molecular flexibility index (Phi) is 7.57. The highest BCUT2D eigenvalue weighted by molar-refractivity contribution is 5.86. The Labute approximate surface area is 243 Å². The topological polar surface area (TPSA) is 109 Å². The van der Waals surface area contributed by atoms with Crippen LogP contribution in [0.3, 0.4) is 0 Å². The first-order chi connectivity index (χ1) is 19.5. The fourth-order valence-electron chi connectivity index (χ4n) is 7.19. The zero-order chi connectivity index (χ0) is 28.9. The summed E-state index contributed by atoms with van der Waals surface area (Å²) in [6.07, 6.45) is 9.67. The first-order valence-electron chi connectivity index (χ1n) is 15.5. The van der Waals surface area contributed by atoms with Crippen LogP contribution in [0.5, 0.6) is 0 Å². The Morgan fingerprint density at radius 2 is 1.90 bits per heavy atom. The van der Waals surface area contributed by atoms with E-state index in [0.29, 0.717) is 23.7 Å². The van der Waals surface area contributed by atoms with Crippen molar-refractivity contribution in [3.63, 3.8) is 0 Å². The maximum Gasteiger partial charge on any atom is 0.145 e. The molecule has 4 aromatic rings. The number of nitrogens with two attached hydrogens (primary N) is 1. The fourth-order valence-corrected chi connectivity index (χ4v) is 7.19. The number of anilines is 1. The van der Waals surface area contributed by atoms with E-state index in [1.54, 1.807) is 0 Å². The number of aryl methyl sites for hydroxylation is 1. The normalized spacial score (nSPS) is 25.1. The van der Waals surface area contributed by atoms with E-state index in [1.165, 1.54) is 31.2 Å². The third-order valence-electron chi connectivity index (χ3n) is 9.50. The van der Waals surface area contributed by atoms with Crippen LogP contribution < -0.4 is 5.73 Å². The number of fused-ring (bicyclic) bond motifs is 2. The van der Waals surface area contributed by atoms with Gasteiger partial charge in [0.15, 0.2) is 0 Å². The van der Waals surface area contributed by atoms with Crippen molar-refractivity contribution in [2.24, 2.45) is 17.8 Å². The molecule has 0 unspecified atom stereocenters. The SMILES string of the molecule is CC(C)CN(C[C@@H]1C[C@@H](O)[C@H](n2ccc3c(N)ncnc32)C1)C1CC(CCc2nc3cc(C(C)(C)C)ccc3[nH]2)C1. The molecule has 0 amide bonds. The van der Waals surface area contributed by atoms with Gasteiger partial charge in [-0.1, -0.05) is 40.7 Å². The molecule has 3 atom stereocenters. The van der Waals surface area contributed by atoms with Gasteiger partial charge in [0.1, 0.15) is 23.6 Å². The molecule has 2 saturated carbocycles. The fraction of sp³-hybridized carbons (Fsp3) is 0.606. The van der Waals surface area contributed by atoms with Crippen molar-refractivity contribution in [3.05, 3.63) is 48.2 Å². The summed E-state index contributed by atoms with van der Waals surface area (Å²) in [6.45, 7) is 13.6. The highest BCUT2D eigenvalue weighted by Crippen LogP contribution is 2.41. The Hall–Kier alpha value is -2.97. The smallest absolute Gasteiger partial charge is 0.145 e. The number of aliphatic hydroxyl groups is 1. The molecule has 0 radical (unpaired) electrons. The minimum atomic E-state index is -0.370. The van der Waals surface area contributed by atoms with Gasteiger partial charge in [0.25, 0.3) is 0 Å². The van der Waals surface area contributed by atoms with Gasteiger partial charge >= 0.3 is 0 Å². The van der Waals surface area contributed by atoms with E-state index in [1.807, 2.05) is 12.3 Å². The number of rotatable bonds is 9. The largest absolute Gasteiger partial charge is 0.391 e. The van der Waals surface area contributed by atoms with E-state index < -0.39 is 0 Å². The predicted molar refractivity (Wildman–Crippen MR) is 166 cm³/mol. The Bertz CT molecular complexity index is 1490. The monoisotopic (exact) mass is 557 g/mol. The summed E-state index contributed by atoms with van der Waals surface area (Å²) in [5.41, 5.74) is 10.6. The summed E-state index contributed by atoms with van der Waals surface area (Å²) < 4.78 is 2.12. The minimum absolute atomic E-state index is 0.0325. The van der Waals surface area contributed by atoms with Crippen LogP contribution in [0.2, 0.25) is 0 Å². The quantitative estimate of drug-likeness (QED) is 0.238. The lowest BCUT2D eigenvalue weighted by atomic mass is 9.76. The van der Waals surface area contributed by atoms with E-state index in [0.717, 1.165) is 66.2 Å². The number of aliphatic hydroxyl groups excluding tert-OH is 1. The van der Waals surface area contributed by atoms with Crippen molar-refractivity contribution < 1.29 is 5.11 Å². The number of nitrogens with zero attached hydrogens (tertiary/aromatic N) is 5. The van der Waals surface area contributed by atoms with Crippen LogP contribution in [0.4, 0.5) is 5.82 Å².